The van der Waals surface area contributed by atoms with Crippen LogP contribution in [0.4, 0.5) is 16.0 Å². The largest absolute Gasteiger partial charge is 0.495 e. The van der Waals surface area contributed by atoms with Gasteiger partial charge in [-0.15, -0.1) is 5.10 Å². The molecule has 2 N–H and O–H groups in total. The van der Waals surface area contributed by atoms with Crippen molar-refractivity contribution in [1.29, 1.82) is 0 Å². The zero-order valence-corrected chi connectivity index (χ0v) is 23.0. The predicted molar refractivity (Wildman–Crippen MR) is 159 cm³/mol. The highest BCUT2D eigenvalue weighted by atomic mass is 19.1. The molecule has 5 aromatic rings. The minimum Gasteiger partial charge on any atom is -0.495 e. The average molecular weight is 562 g/mol. The molecule has 0 saturated heterocycles. The first-order valence-electron chi connectivity index (χ1n) is 13.4. The molecule has 2 heterocycles. The molecule has 9 heteroatoms. The number of halogens is 1. The third-order valence-electron chi connectivity index (χ3n) is 7.00. The summed E-state index contributed by atoms with van der Waals surface area (Å²) in [4.78, 5) is 18.6. The Kier molecular flexibility index (Phi) is 7.38. The predicted octanol–water partition coefficient (Wildman–Crippen LogP) is 6.60. The number of hydrogen-bond acceptors (Lipinski definition) is 6. The lowest BCUT2D eigenvalue weighted by Crippen LogP contribution is -2.31. The Balaban J connectivity index is 1.36. The number of aromatic nitrogens is 3. The quantitative estimate of drug-likeness (QED) is 0.222. The molecule has 42 heavy (non-hydrogen) atoms. The SMILES string of the molecule is COc1ccccc1NC(=O)C1=C(C)Nc2nc(-c3ccc(F)cc3)nn2C1c1ccc(OCc2ccccc2)cc1. The third-order valence-corrected chi connectivity index (χ3v) is 7.00. The maximum Gasteiger partial charge on any atom is 0.255 e. The third kappa shape index (κ3) is 5.44. The van der Waals surface area contributed by atoms with Crippen LogP contribution in [0.2, 0.25) is 0 Å². The lowest BCUT2D eigenvalue weighted by molar-refractivity contribution is -0.113. The van der Waals surface area contributed by atoms with E-state index in [1.807, 2.05) is 73.7 Å². The first kappa shape index (κ1) is 26.8. The van der Waals surface area contributed by atoms with E-state index in [1.165, 1.54) is 12.1 Å². The Hall–Kier alpha value is -5.44. The fourth-order valence-corrected chi connectivity index (χ4v) is 4.90. The summed E-state index contributed by atoms with van der Waals surface area (Å²) in [6.45, 7) is 2.27. The van der Waals surface area contributed by atoms with Crippen molar-refractivity contribution in [3.05, 3.63) is 131 Å². The van der Waals surface area contributed by atoms with E-state index < -0.39 is 6.04 Å². The normalized spacial score (nSPS) is 14.1. The van der Waals surface area contributed by atoms with Gasteiger partial charge >= 0.3 is 0 Å². The summed E-state index contributed by atoms with van der Waals surface area (Å²) >= 11 is 0. The Labute approximate surface area is 242 Å². The van der Waals surface area contributed by atoms with Crippen LogP contribution in [0.25, 0.3) is 11.4 Å². The Morgan fingerprint density at radius 3 is 2.40 bits per heavy atom. The van der Waals surface area contributed by atoms with Gasteiger partial charge in [0, 0.05) is 11.3 Å². The van der Waals surface area contributed by atoms with Gasteiger partial charge in [0.1, 0.15) is 30.0 Å². The van der Waals surface area contributed by atoms with Gasteiger partial charge in [-0.3, -0.25) is 4.79 Å². The number of benzene rings is 4. The van der Waals surface area contributed by atoms with Crippen LogP contribution in [-0.4, -0.2) is 27.8 Å². The second-order valence-corrected chi connectivity index (χ2v) is 9.77. The standard InChI is InChI=1S/C33H28FN5O3/c1-21-29(32(40)36-27-10-6-7-11-28(27)41-2)30(23-14-18-26(19-15-23)42-20-22-8-4-3-5-9-22)39-33(35-21)37-31(38-39)24-12-16-25(34)17-13-24/h3-19,30H,20H2,1-2H3,(H,36,40)(H,35,37,38). The fraction of sp³-hybridized carbons (Fsp3) is 0.121. The molecule has 0 aliphatic carbocycles. The highest BCUT2D eigenvalue weighted by Gasteiger charge is 2.35. The molecule has 1 unspecified atom stereocenters. The fourth-order valence-electron chi connectivity index (χ4n) is 4.90. The van der Waals surface area contributed by atoms with E-state index in [2.05, 4.69) is 15.6 Å². The topological polar surface area (TPSA) is 90.3 Å². The van der Waals surface area contributed by atoms with Gasteiger partial charge in [-0.2, -0.15) is 4.98 Å². The van der Waals surface area contributed by atoms with Gasteiger partial charge in [0.2, 0.25) is 5.95 Å². The van der Waals surface area contributed by atoms with Crippen LogP contribution in [0.5, 0.6) is 11.5 Å². The van der Waals surface area contributed by atoms with Crippen LogP contribution < -0.4 is 20.1 Å². The molecule has 1 amide bonds. The molecular weight excluding hydrogens is 533 g/mol. The molecule has 0 spiro atoms. The van der Waals surface area contributed by atoms with E-state index in [-0.39, 0.29) is 11.7 Å². The molecule has 1 aliphatic heterocycles. The van der Waals surface area contributed by atoms with E-state index in [1.54, 1.807) is 36.1 Å². The van der Waals surface area contributed by atoms with Crippen LogP contribution in [0, 0.1) is 5.82 Å². The molecule has 6 rings (SSSR count). The number of nitrogens with zero attached hydrogens (tertiary/aromatic N) is 3. The maximum absolute atomic E-state index is 13.9. The van der Waals surface area contributed by atoms with Crippen molar-refractivity contribution < 1.29 is 18.7 Å². The number of methoxy groups -OCH3 is 1. The molecule has 8 nitrogen and oxygen atoms in total. The number of para-hydroxylation sites is 2. The van der Waals surface area contributed by atoms with E-state index in [4.69, 9.17) is 14.6 Å². The first-order valence-corrected chi connectivity index (χ1v) is 13.4. The summed E-state index contributed by atoms with van der Waals surface area (Å²) in [5.74, 6) is 1.46. The molecule has 0 saturated carbocycles. The van der Waals surface area contributed by atoms with Crippen molar-refractivity contribution in [2.24, 2.45) is 0 Å². The van der Waals surface area contributed by atoms with E-state index >= 15 is 0 Å². The number of nitrogens with one attached hydrogen (secondary N) is 2. The second-order valence-electron chi connectivity index (χ2n) is 9.77. The summed E-state index contributed by atoms with van der Waals surface area (Å²) < 4.78 is 26.7. The van der Waals surface area contributed by atoms with E-state index in [0.29, 0.717) is 52.4 Å². The number of ether oxygens (including phenoxy) is 2. The van der Waals surface area contributed by atoms with Gasteiger partial charge in [-0.1, -0.05) is 54.6 Å². The zero-order valence-electron chi connectivity index (χ0n) is 23.0. The highest BCUT2D eigenvalue weighted by molar-refractivity contribution is 6.06. The smallest absolute Gasteiger partial charge is 0.255 e. The van der Waals surface area contributed by atoms with Crippen LogP contribution >= 0.6 is 0 Å². The minimum atomic E-state index is -0.610. The van der Waals surface area contributed by atoms with Gasteiger partial charge in [0.05, 0.1) is 18.4 Å². The summed E-state index contributed by atoms with van der Waals surface area (Å²) in [6, 6.07) is 30.1. The van der Waals surface area contributed by atoms with Crippen LogP contribution in [0.1, 0.15) is 24.1 Å². The number of anilines is 2. The Morgan fingerprint density at radius 2 is 1.67 bits per heavy atom. The number of allylic oxidation sites excluding steroid dienone is 1. The first-order chi connectivity index (χ1) is 20.5. The molecule has 210 valence electrons. The number of rotatable bonds is 8. The van der Waals surface area contributed by atoms with Crippen LogP contribution in [0.3, 0.4) is 0 Å². The molecule has 4 aromatic carbocycles. The lowest BCUT2D eigenvalue weighted by atomic mass is 9.95. The van der Waals surface area contributed by atoms with Crippen molar-refractivity contribution in [1.82, 2.24) is 14.8 Å². The molecule has 0 radical (unpaired) electrons. The highest BCUT2D eigenvalue weighted by Crippen LogP contribution is 2.38. The summed E-state index contributed by atoms with van der Waals surface area (Å²) in [6.07, 6.45) is 0. The van der Waals surface area contributed by atoms with Crippen LogP contribution in [-0.2, 0) is 11.4 Å². The summed E-state index contributed by atoms with van der Waals surface area (Å²) in [5.41, 5.74) is 4.16. The number of carbonyl (C=O) groups is 1. The minimum absolute atomic E-state index is 0.316. The van der Waals surface area contributed by atoms with E-state index in [0.717, 1.165) is 11.1 Å². The molecule has 0 fully saturated rings. The lowest BCUT2D eigenvalue weighted by Gasteiger charge is -2.29. The van der Waals surface area contributed by atoms with Gasteiger partial charge in [-0.05, 0) is 66.6 Å². The van der Waals surface area contributed by atoms with Crippen molar-refractivity contribution in [2.75, 3.05) is 17.7 Å². The molecule has 1 atom stereocenters. The van der Waals surface area contributed by atoms with Crippen molar-refractivity contribution in [3.8, 4) is 22.9 Å². The van der Waals surface area contributed by atoms with Gasteiger partial charge in [0.25, 0.3) is 5.91 Å². The maximum atomic E-state index is 13.9. The van der Waals surface area contributed by atoms with Gasteiger partial charge < -0.3 is 20.1 Å². The Bertz CT molecular complexity index is 1750. The van der Waals surface area contributed by atoms with Crippen molar-refractivity contribution >= 4 is 17.5 Å². The van der Waals surface area contributed by atoms with Gasteiger partial charge in [-0.25, -0.2) is 9.07 Å². The number of hydrogen-bond donors (Lipinski definition) is 2. The zero-order chi connectivity index (χ0) is 29.1. The number of carbonyl (C=O) groups excluding carboxylic acids is 1. The summed E-state index contributed by atoms with van der Waals surface area (Å²) in [7, 11) is 1.56. The Morgan fingerprint density at radius 1 is 0.952 bits per heavy atom. The van der Waals surface area contributed by atoms with E-state index in [9.17, 15) is 9.18 Å². The summed E-state index contributed by atoms with van der Waals surface area (Å²) in [5, 5.41) is 11.0. The van der Waals surface area contributed by atoms with Gasteiger partial charge in [0.15, 0.2) is 5.82 Å². The average Bonchev–Trinajstić information content (AvgIpc) is 3.44. The van der Waals surface area contributed by atoms with Crippen molar-refractivity contribution in [3.63, 3.8) is 0 Å². The molecule has 1 aromatic heterocycles. The van der Waals surface area contributed by atoms with Crippen LogP contribution in [0.15, 0.2) is 114 Å². The molecular formula is C33H28FN5O3. The number of amides is 1. The number of fused-ring (bicyclic) bond motifs is 1. The second kappa shape index (κ2) is 11.6. The molecule has 1 aliphatic rings. The monoisotopic (exact) mass is 561 g/mol. The van der Waals surface area contributed by atoms with Crippen molar-refractivity contribution in [2.45, 2.75) is 19.6 Å². The molecule has 0 bridgehead atoms.